The topological polar surface area (TPSA) is 0 Å². The number of hydrogen-bond donors (Lipinski definition) is 0. The molecule has 0 amide bonds. The van der Waals surface area contributed by atoms with Crippen molar-refractivity contribution in [1.82, 2.24) is 0 Å². The molecule has 0 N–H and O–H groups in total. The molecule has 0 aromatic rings. The SMILES string of the molecule is FC(F)(Cl)[C]1CC1. The lowest BCUT2D eigenvalue weighted by molar-refractivity contribution is 0.126. The molecule has 7 heavy (non-hydrogen) atoms. The van der Waals surface area contributed by atoms with Gasteiger partial charge in [-0.2, -0.15) is 8.78 Å². The van der Waals surface area contributed by atoms with Crippen LogP contribution < -0.4 is 0 Å². The molecule has 1 saturated carbocycles. The standard InChI is InChI=1S/C4H4ClF2/c5-4(6,7)3-1-2-3/h1-2H2. The lowest BCUT2D eigenvalue weighted by Crippen LogP contribution is -2.05. The summed E-state index contributed by atoms with van der Waals surface area (Å²) in [6, 6.07) is 0. The summed E-state index contributed by atoms with van der Waals surface area (Å²) >= 11 is 4.56. The van der Waals surface area contributed by atoms with Crippen LogP contribution in [0.1, 0.15) is 12.8 Å². The first-order chi connectivity index (χ1) is 3.11. The van der Waals surface area contributed by atoms with E-state index >= 15 is 0 Å². The summed E-state index contributed by atoms with van der Waals surface area (Å²) < 4.78 is 23.3. The molecule has 1 fully saturated rings. The van der Waals surface area contributed by atoms with E-state index in [4.69, 9.17) is 0 Å². The molecular formula is C4H4ClF2. The van der Waals surface area contributed by atoms with E-state index in [0.29, 0.717) is 12.8 Å². The monoisotopic (exact) mass is 125 g/mol. The molecular weight excluding hydrogens is 121 g/mol. The van der Waals surface area contributed by atoms with Gasteiger partial charge in [0.2, 0.25) is 0 Å². The third-order valence-corrected chi connectivity index (χ3v) is 1.17. The molecule has 0 spiro atoms. The number of hydrogen-bond acceptors (Lipinski definition) is 0. The average Bonchev–Trinajstić information content (AvgIpc) is 1.99. The zero-order chi connectivity index (χ0) is 5.49. The van der Waals surface area contributed by atoms with Gasteiger partial charge in [0.1, 0.15) is 0 Å². The highest BCUT2D eigenvalue weighted by molar-refractivity contribution is 6.23. The van der Waals surface area contributed by atoms with Crippen molar-refractivity contribution in [2.75, 3.05) is 0 Å². The summed E-state index contributed by atoms with van der Waals surface area (Å²) in [5, 5.41) is -3.00. The molecule has 0 heterocycles. The van der Waals surface area contributed by atoms with E-state index in [1.807, 2.05) is 0 Å². The summed E-state index contributed by atoms with van der Waals surface area (Å²) in [6.07, 6.45) is 1.02. The van der Waals surface area contributed by atoms with Crippen LogP contribution in [0.2, 0.25) is 0 Å². The molecule has 0 aliphatic heterocycles. The van der Waals surface area contributed by atoms with Gasteiger partial charge in [-0.3, -0.25) is 0 Å². The molecule has 41 valence electrons. The van der Waals surface area contributed by atoms with Crippen molar-refractivity contribution < 1.29 is 8.78 Å². The Hall–Kier alpha value is 0.150. The molecule has 1 aliphatic carbocycles. The summed E-state index contributed by atoms with van der Waals surface area (Å²) in [5.74, 6) is 0.175. The Labute approximate surface area is 45.5 Å². The van der Waals surface area contributed by atoms with Crippen LogP contribution in [0.25, 0.3) is 0 Å². The first kappa shape index (κ1) is 5.29. The van der Waals surface area contributed by atoms with Crippen LogP contribution in [0.5, 0.6) is 0 Å². The van der Waals surface area contributed by atoms with E-state index in [1.54, 1.807) is 0 Å². The largest absolute Gasteiger partial charge is 0.327 e. The van der Waals surface area contributed by atoms with E-state index in [1.165, 1.54) is 0 Å². The normalized spacial score (nSPS) is 22.7. The van der Waals surface area contributed by atoms with Gasteiger partial charge in [-0.05, 0) is 24.4 Å². The van der Waals surface area contributed by atoms with Crippen LogP contribution in [-0.4, -0.2) is 5.38 Å². The quantitative estimate of drug-likeness (QED) is 0.472. The van der Waals surface area contributed by atoms with Gasteiger partial charge in [-0.25, -0.2) is 0 Å². The molecule has 1 radical (unpaired) electrons. The van der Waals surface area contributed by atoms with Gasteiger partial charge in [0.15, 0.2) is 0 Å². The van der Waals surface area contributed by atoms with Gasteiger partial charge in [0, 0.05) is 0 Å². The molecule has 0 bridgehead atoms. The van der Waals surface area contributed by atoms with Gasteiger partial charge in [-0.1, -0.05) is 0 Å². The lowest BCUT2D eigenvalue weighted by Gasteiger charge is -2.00. The van der Waals surface area contributed by atoms with Gasteiger partial charge >= 0.3 is 5.38 Å². The Kier molecular flexibility index (Phi) is 0.991. The highest BCUT2D eigenvalue weighted by atomic mass is 35.5. The zero-order valence-electron chi connectivity index (χ0n) is 3.55. The first-order valence-corrected chi connectivity index (χ1v) is 2.40. The first-order valence-electron chi connectivity index (χ1n) is 2.02. The Morgan fingerprint density at radius 1 is 1.43 bits per heavy atom. The van der Waals surface area contributed by atoms with Crippen LogP contribution in [0, 0.1) is 5.92 Å². The van der Waals surface area contributed by atoms with Crippen molar-refractivity contribution in [3.05, 3.63) is 5.92 Å². The van der Waals surface area contributed by atoms with Crippen molar-refractivity contribution in [3.63, 3.8) is 0 Å². The highest BCUT2D eigenvalue weighted by Gasteiger charge is 2.45. The summed E-state index contributed by atoms with van der Waals surface area (Å²) in [6.45, 7) is 0. The number of rotatable bonds is 1. The Balaban J connectivity index is 2.36. The maximum atomic E-state index is 11.6. The Morgan fingerprint density at radius 2 is 1.86 bits per heavy atom. The summed E-state index contributed by atoms with van der Waals surface area (Å²) in [5.41, 5.74) is 0. The van der Waals surface area contributed by atoms with Crippen LogP contribution in [0.15, 0.2) is 0 Å². The maximum absolute atomic E-state index is 11.6. The van der Waals surface area contributed by atoms with Crippen LogP contribution >= 0.6 is 11.6 Å². The van der Waals surface area contributed by atoms with E-state index in [-0.39, 0.29) is 5.92 Å². The second kappa shape index (κ2) is 1.31. The van der Waals surface area contributed by atoms with Crippen LogP contribution in [-0.2, 0) is 0 Å². The van der Waals surface area contributed by atoms with Gasteiger partial charge in [0.25, 0.3) is 0 Å². The Morgan fingerprint density at radius 3 is 1.86 bits per heavy atom. The van der Waals surface area contributed by atoms with E-state index < -0.39 is 5.38 Å². The highest BCUT2D eigenvalue weighted by Crippen LogP contribution is 2.47. The van der Waals surface area contributed by atoms with Gasteiger partial charge in [0.05, 0.1) is 5.92 Å². The molecule has 1 rings (SSSR count). The van der Waals surface area contributed by atoms with Gasteiger partial charge in [-0.15, -0.1) is 0 Å². The van der Waals surface area contributed by atoms with Crippen LogP contribution in [0.4, 0.5) is 8.78 Å². The molecule has 3 heteroatoms. The molecule has 1 aliphatic rings. The number of alkyl halides is 3. The maximum Gasteiger partial charge on any atom is 0.327 e. The molecule has 0 aromatic heterocycles. The predicted octanol–water partition coefficient (Wildman–Crippen LogP) is 2.19. The summed E-state index contributed by atoms with van der Waals surface area (Å²) in [7, 11) is 0. The van der Waals surface area contributed by atoms with E-state index in [0.717, 1.165) is 0 Å². The molecule has 0 saturated heterocycles. The summed E-state index contributed by atoms with van der Waals surface area (Å²) in [4.78, 5) is 0. The van der Waals surface area contributed by atoms with Crippen molar-refractivity contribution >= 4 is 11.6 Å². The van der Waals surface area contributed by atoms with Crippen molar-refractivity contribution in [2.24, 2.45) is 0 Å². The molecule has 0 unspecified atom stereocenters. The minimum absolute atomic E-state index is 0.175. The van der Waals surface area contributed by atoms with Crippen molar-refractivity contribution in [1.29, 1.82) is 0 Å². The molecule has 0 nitrogen and oxygen atoms in total. The fourth-order valence-electron chi connectivity index (χ4n) is 0.346. The van der Waals surface area contributed by atoms with E-state index in [2.05, 4.69) is 11.6 Å². The molecule has 0 aromatic carbocycles. The smallest absolute Gasteiger partial charge is 0.188 e. The predicted molar refractivity (Wildman–Crippen MR) is 23.3 cm³/mol. The lowest BCUT2D eigenvalue weighted by atomic mass is 10.5. The minimum atomic E-state index is -3.00. The molecule has 0 atom stereocenters. The third-order valence-electron chi connectivity index (χ3n) is 0.901. The number of halogens is 3. The third kappa shape index (κ3) is 1.27. The van der Waals surface area contributed by atoms with Crippen molar-refractivity contribution in [2.45, 2.75) is 18.2 Å². The van der Waals surface area contributed by atoms with E-state index in [9.17, 15) is 8.78 Å². The van der Waals surface area contributed by atoms with Gasteiger partial charge < -0.3 is 0 Å². The fraction of sp³-hybridized carbons (Fsp3) is 0.750. The second-order valence-corrected chi connectivity index (χ2v) is 2.08. The Bertz CT molecular complexity index is 72.2. The second-order valence-electron chi connectivity index (χ2n) is 1.60. The average molecular weight is 126 g/mol. The zero-order valence-corrected chi connectivity index (χ0v) is 4.30. The van der Waals surface area contributed by atoms with Crippen LogP contribution in [0.3, 0.4) is 0 Å². The fourth-order valence-corrected chi connectivity index (χ4v) is 0.535. The van der Waals surface area contributed by atoms with Crippen molar-refractivity contribution in [3.8, 4) is 0 Å². The minimum Gasteiger partial charge on any atom is -0.188 e.